The van der Waals surface area contributed by atoms with Crippen LogP contribution in [0.5, 0.6) is 0 Å². The minimum atomic E-state index is -0.132. The summed E-state index contributed by atoms with van der Waals surface area (Å²) in [5, 5.41) is 0. The summed E-state index contributed by atoms with van der Waals surface area (Å²) in [5.74, 6) is 0.612. The highest BCUT2D eigenvalue weighted by Gasteiger charge is 2.27. The fourth-order valence-electron chi connectivity index (χ4n) is 4.00. The highest BCUT2D eigenvalue weighted by molar-refractivity contribution is 7.09. The van der Waals surface area contributed by atoms with Gasteiger partial charge in [-0.15, -0.1) is 11.3 Å². The molecular weight excluding hydrogens is 366 g/mol. The second-order valence-corrected chi connectivity index (χ2v) is 10.2. The molecule has 1 aliphatic carbocycles. The van der Waals surface area contributed by atoms with Crippen molar-refractivity contribution < 1.29 is 4.79 Å². The molecule has 5 heteroatoms. The molecule has 1 amide bonds. The lowest BCUT2D eigenvalue weighted by Gasteiger charge is -2.17. The summed E-state index contributed by atoms with van der Waals surface area (Å²) in [7, 11) is 0. The van der Waals surface area contributed by atoms with Crippen molar-refractivity contribution in [2.75, 3.05) is 18.0 Å². The fourth-order valence-corrected chi connectivity index (χ4v) is 5.20. The molecule has 1 aromatic carbocycles. The highest BCUT2D eigenvalue weighted by atomic mass is 32.1. The molecule has 1 saturated heterocycles. The predicted molar refractivity (Wildman–Crippen MR) is 116 cm³/mol. The topological polar surface area (TPSA) is 37.6 Å². The number of anilines is 1. The Labute approximate surface area is 171 Å². The van der Waals surface area contributed by atoms with Crippen molar-refractivity contribution in [3.05, 3.63) is 45.2 Å². The summed E-state index contributed by atoms with van der Waals surface area (Å²) in [6.07, 6.45) is 5.04. The summed E-state index contributed by atoms with van der Waals surface area (Å²) in [6.45, 7) is 12.0. The first-order valence-corrected chi connectivity index (χ1v) is 11.3. The van der Waals surface area contributed by atoms with E-state index in [1.165, 1.54) is 36.3 Å². The number of carbonyl (C=O) groups excluding carboxylic acids is 1. The van der Waals surface area contributed by atoms with Crippen molar-refractivity contribution in [1.82, 2.24) is 4.57 Å². The van der Waals surface area contributed by atoms with Crippen LogP contribution in [0.15, 0.2) is 29.3 Å². The molecule has 0 radical (unpaired) electrons. The molecule has 0 N–H and O–H groups in total. The van der Waals surface area contributed by atoms with E-state index in [1.807, 2.05) is 18.2 Å². The first-order valence-electron chi connectivity index (χ1n) is 10.5. The molecule has 4 nitrogen and oxygen atoms in total. The van der Waals surface area contributed by atoms with Crippen LogP contribution < -0.4 is 9.70 Å². The number of nitrogens with zero attached hydrogens (tertiary/aromatic N) is 3. The Morgan fingerprint density at radius 1 is 1.21 bits per heavy atom. The number of thiazole rings is 1. The maximum atomic E-state index is 13.0. The van der Waals surface area contributed by atoms with Crippen LogP contribution in [0.1, 0.15) is 67.4 Å². The number of aromatic nitrogens is 1. The number of hydrogen-bond acceptors (Lipinski definition) is 3. The molecule has 0 atom stereocenters. The number of benzene rings is 1. The molecule has 1 aliphatic heterocycles. The lowest BCUT2D eigenvalue weighted by atomic mass is 9.93. The van der Waals surface area contributed by atoms with Gasteiger partial charge in [0, 0.05) is 41.5 Å². The van der Waals surface area contributed by atoms with Crippen LogP contribution in [-0.4, -0.2) is 23.6 Å². The summed E-state index contributed by atoms with van der Waals surface area (Å²) >= 11 is 1.68. The largest absolute Gasteiger partial charge is 0.372 e. The zero-order chi connectivity index (χ0) is 19.9. The summed E-state index contributed by atoms with van der Waals surface area (Å²) in [5.41, 5.74) is 3.15. The molecule has 28 heavy (non-hydrogen) atoms. The molecule has 2 aliphatic rings. The summed E-state index contributed by atoms with van der Waals surface area (Å²) in [4.78, 5) is 22.1. The summed E-state index contributed by atoms with van der Waals surface area (Å²) < 4.78 is 2.28. The molecule has 1 aromatic heterocycles. The number of amides is 1. The molecule has 2 heterocycles. The van der Waals surface area contributed by atoms with Gasteiger partial charge in [-0.25, -0.2) is 0 Å². The van der Waals surface area contributed by atoms with Crippen molar-refractivity contribution in [3.8, 4) is 0 Å². The zero-order valence-corrected chi connectivity index (χ0v) is 18.3. The van der Waals surface area contributed by atoms with E-state index in [4.69, 9.17) is 0 Å². The highest BCUT2D eigenvalue weighted by Crippen LogP contribution is 2.33. The lowest BCUT2D eigenvalue weighted by Crippen LogP contribution is -2.20. The van der Waals surface area contributed by atoms with E-state index in [1.54, 1.807) is 11.3 Å². The Hall–Kier alpha value is -1.88. The van der Waals surface area contributed by atoms with E-state index in [-0.39, 0.29) is 11.3 Å². The van der Waals surface area contributed by atoms with E-state index in [2.05, 4.69) is 48.2 Å². The average Bonchev–Trinajstić information content (AvgIpc) is 3.19. The molecule has 0 bridgehead atoms. The SMILES string of the molecule is Cc1c(C(C)(C)C)s/c(=N\C(=O)c2cccc(N3CCCC3)c2)n1CC1CC1. The van der Waals surface area contributed by atoms with Gasteiger partial charge in [0.15, 0.2) is 4.80 Å². The molecule has 4 rings (SSSR count). The van der Waals surface area contributed by atoms with E-state index < -0.39 is 0 Å². The van der Waals surface area contributed by atoms with Gasteiger partial charge in [0.25, 0.3) is 5.91 Å². The Morgan fingerprint density at radius 3 is 2.57 bits per heavy atom. The van der Waals surface area contributed by atoms with Crippen LogP contribution in [0, 0.1) is 12.8 Å². The Morgan fingerprint density at radius 2 is 1.93 bits per heavy atom. The lowest BCUT2D eigenvalue weighted by molar-refractivity contribution is 0.0997. The number of rotatable bonds is 4. The van der Waals surface area contributed by atoms with Gasteiger partial charge in [-0.1, -0.05) is 26.8 Å². The zero-order valence-electron chi connectivity index (χ0n) is 17.5. The number of hydrogen-bond donors (Lipinski definition) is 0. The number of carbonyl (C=O) groups is 1. The maximum Gasteiger partial charge on any atom is 0.279 e. The Bertz CT molecular complexity index is 937. The predicted octanol–water partition coefficient (Wildman–Crippen LogP) is 4.91. The fraction of sp³-hybridized carbons (Fsp3) is 0.565. The van der Waals surface area contributed by atoms with Gasteiger partial charge in [0.2, 0.25) is 0 Å². The molecular formula is C23H31N3OS. The van der Waals surface area contributed by atoms with Crippen molar-refractivity contribution >= 4 is 22.9 Å². The first kappa shape index (κ1) is 19.4. The van der Waals surface area contributed by atoms with Gasteiger partial charge in [-0.05, 0) is 62.1 Å². The van der Waals surface area contributed by atoms with Crippen molar-refractivity contribution in [1.29, 1.82) is 0 Å². The Balaban J connectivity index is 1.69. The third-order valence-corrected chi connectivity index (χ3v) is 7.34. The van der Waals surface area contributed by atoms with Crippen LogP contribution in [0.25, 0.3) is 0 Å². The van der Waals surface area contributed by atoms with Crippen LogP contribution >= 0.6 is 11.3 Å². The summed E-state index contributed by atoms with van der Waals surface area (Å²) in [6, 6.07) is 7.98. The van der Waals surface area contributed by atoms with Crippen molar-refractivity contribution in [2.24, 2.45) is 10.9 Å². The van der Waals surface area contributed by atoms with Gasteiger partial charge in [0.1, 0.15) is 0 Å². The monoisotopic (exact) mass is 397 g/mol. The molecule has 2 aromatic rings. The van der Waals surface area contributed by atoms with Crippen molar-refractivity contribution in [3.63, 3.8) is 0 Å². The quantitative estimate of drug-likeness (QED) is 0.735. The van der Waals surface area contributed by atoms with E-state index in [9.17, 15) is 4.79 Å². The first-order chi connectivity index (χ1) is 13.3. The molecule has 1 saturated carbocycles. The third-order valence-electron chi connectivity index (χ3n) is 5.74. The van der Waals surface area contributed by atoms with Gasteiger partial charge in [-0.3, -0.25) is 4.79 Å². The minimum absolute atomic E-state index is 0.0620. The Kier molecular flexibility index (Phi) is 5.21. The van der Waals surface area contributed by atoms with Gasteiger partial charge < -0.3 is 9.47 Å². The van der Waals surface area contributed by atoms with Crippen LogP contribution in [0.4, 0.5) is 5.69 Å². The van der Waals surface area contributed by atoms with Crippen LogP contribution in [0.3, 0.4) is 0 Å². The second kappa shape index (κ2) is 7.51. The van der Waals surface area contributed by atoms with Gasteiger partial charge in [0.05, 0.1) is 0 Å². The smallest absolute Gasteiger partial charge is 0.279 e. The average molecular weight is 398 g/mol. The molecule has 2 fully saturated rings. The normalized spacial score (nSPS) is 18.1. The van der Waals surface area contributed by atoms with Gasteiger partial charge in [-0.2, -0.15) is 4.99 Å². The van der Waals surface area contributed by atoms with Gasteiger partial charge >= 0.3 is 0 Å². The van der Waals surface area contributed by atoms with Crippen molar-refractivity contribution in [2.45, 2.75) is 65.3 Å². The molecule has 0 unspecified atom stereocenters. The molecule has 0 spiro atoms. The standard InChI is InChI=1S/C23H31N3OS/c1-16-20(23(2,3)4)28-22(26(16)15-17-10-11-17)24-21(27)18-8-7-9-19(14-18)25-12-5-6-13-25/h7-9,14,17H,5-6,10-13,15H2,1-4H3/b24-22-. The van der Waals surface area contributed by atoms with Crippen LogP contribution in [-0.2, 0) is 12.0 Å². The minimum Gasteiger partial charge on any atom is -0.372 e. The van der Waals surface area contributed by atoms with E-state index >= 15 is 0 Å². The molecule has 150 valence electrons. The van der Waals surface area contributed by atoms with E-state index in [0.29, 0.717) is 5.56 Å². The van der Waals surface area contributed by atoms with E-state index in [0.717, 1.165) is 36.0 Å². The van der Waals surface area contributed by atoms with Crippen LogP contribution in [0.2, 0.25) is 0 Å². The third kappa shape index (κ3) is 4.09. The second-order valence-electron chi connectivity index (χ2n) is 9.26. The maximum absolute atomic E-state index is 13.0.